The number of nitrogens with one attached hydrogen (secondary N) is 2. The molecule has 0 radical (unpaired) electrons. The third-order valence-corrected chi connectivity index (χ3v) is 3.00. The first-order valence-corrected chi connectivity index (χ1v) is 5.86. The fraction of sp³-hybridized carbons (Fsp3) is 0.429. The van der Waals surface area contributed by atoms with Crippen LogP contribution < -0.4 is 10.9 Å². The lowest BCUT2D eigenvalue weighted by Crippen LogP contribution is -2.14. The van der Waals surface area contributed by atoms with Crippen LogP contribution in [0.4, 0.5) is 18.9 Å². The van der Waals surface area contributed by atoms with Crippen molar-refractivity contribution in [2.24, 2.45) is 0 Å². The Hall–Kier alpha value is -0.700. The van der Waals surface area contributed by atoms with Gasteiger partial charge in [-0.15, -0.1) is 0 Å². The van der Waals surface area contributed by atoms with Crippen molar-refractivity contribution in [2.45, 2.75) is 5.51 Å². The van der Waals surface area contributed by atoms with Crippen LogP contribution in [0.1, 0.15) is 0 Å². The molecule has 1 aromatic heterocycles. The van der Waals surface area contributed by atoms with Gasteiger partial charge in [-0.25, -0.2) is 5.10 Å². The zero-order chi connectivity index (χ0) is 12.2. The average molecular weight is 318 g/mol. The summed E-state index contributed by atoms with van der Waals surface area (Å²) < 4.78 is 35.6. The van der Waals surface area contributed by atoms with E-state index < -0.39 is 11.1 Å². The van der Waals surface area contributed by atoms with E-state index in [2.05, 4.69) is 31.4 Å². The Morgan fingerprint density at radius 3 is 2.88 bits per heavy atom. The van der Waals surface area contributed by atoms with E-state index in [1.807, 2.05) is 0 Å². The molecule has 1 heterocycles. The molecular formula is C7H7BrF3N3OS. The van der Waals surface area contributed by atoms with Gasteiger partial charge in [-0.1, -0.05) is 0 Å². The van der Waals surface area contributed by atoms with Crippen LogP contribution in [0.5, 0.6) is 0 Å². The van der Waals surface area contributed by atoms with Crippen LogP contribution >= 0.6 is 27.7 Å². The van der Waals surface area contributed by atoms with Gasteiger partial charge in [-0.3, -0.25) is 4.79 Å². The molecule has 2 N–H and O–H groups in total. The summed E-state index contributed by atoms with van der Waals surface area (Å²) in [4.78, 5) is 11.0. The maximum absolute atomic E-state index is 11.8. The predicted molar refractivity (Wildman–Crippen MR) is 59.6 cm³/mol. The Bertz CT molecular complexity index is 409. The molecule has 90 valence electrons. The molecule has 9 heteroatoms. The summed E-state index contributed by atoms with van der Waals surface area (Å²) in [5.74, 6) is -0.136. The Labute approximate surface area is 101 Å². The van der Waals surface area contributed by atoms with Gasteiger partial charge in [0.25, 0.3) is 5.56 Å². The second-order valence-electron chi connectivity index (χ2n) is 2.65. The first-order chi connectivity index (χ1) is 7.40. The number of thioether (sulfide) groups is 1. The number of nitrogens with zero attached hydrogens (tertiary/aromatic N) is 1. The normalized spacial score (nSPS) is 11.5. The number of aromatic nitrogens is 2. The van der Waals surface area contributed by atoms with Crippen LogP contribution in [0, 0.1) is 0 Å². The summed E-state index contributed by atoms with van der Waals surface area (Å²) in [6, 6.07) is 0. The molecule has 0 aliphatic rings. The van der Waals surface area contributed by atoms with Gasteiger partial charge >= 0.3 is 5.51 Å². The quantitative estimate of drug-likeness (QED) is 0.836. The van der Waals surface area contributed by atoms with Crippen LogP contribution in [-0.2, 0) is 0 Å². The van der Waals surface area contributed by atoms with E-state index in [0.717, 1.165) is 0 Å². The molecule has 1 aromatic rings. The molecule has 0 unspecified atom stereocenters. The zero-order valence-corrected chi connectivity index (χ0v) is 10.2. The van der Waals surface area contributed by atoms with Crippen LogP contribution in [0.25, 0.3) is 0 Å². The predicted octanol–water partition coefficient (Wildman–Crippen LogP) is 2.20. The van der Waals surface area contributed by atoms with Crippen LogP contribution in [0.2, 0.25) is 0 Å². The Morgan fingerprint density at radius 2 is 2.25 bits per heavy atom. The first kappa shape index (κ1) is 13.4. The van der Waals surface area contributed by atoms with E-state index in [4.69, 9.17) is 0 Å². The van der Waals surface area contributed by atoms with E-state index >= 15 is 0 Å². The van der Waals surface area contributed by atoms with Crippen LogP contribution in [0.15, 0.2) is 15.5 Å². The highest BCUT2D eigenvalue weighted by Gasteiger charge is 2.27. The van der Waals surface area contributed by atoms with Crippen molar-refractivity contribution in [3.05, 3.63) is 21.0 Å². The standard InChI is InChI=1S/C7H7BrF3N3OS/c8-5-4(3-13-14-6(5)15)12-1-2-16-7(9,10)11/h3H,1-2H2,(H2,12,14,15). The molecule has 0 amide bonds. The monoisotopic (exact) mass is 317 g/mol. The van der Waals surface area contributed by atoms with Crippen LogP contribution in [0.3, 0.4) is 0 Å². The molecule has 1 rings (SSSR count). The lowest BCUT2D eigenvalue weighted by molar-refractivity contribution is -0.0327. The number of aromatic amines is 1. The second kappa shape index (κ2) is 5.58. The minimum atomic E-state index is -4.23. The van der Waals surface area contributed by atoms with Crippen molar-refractivity contribution in [1.82, 2.24) is 10.2 Å². The van der Waals surface area contributed by atoms with E-state index in [0.29, 0.717) is 5.69 Å². The van der Waals surface area contributed by atoms with Crippen molar-refractivity contribution in [1.29, 1.82) is 0 Å². The number of H-pyrrole nitrogens is 1. The molecule has 0 bridgehead atoms. The van der Waals surface area contributed by atoms with Gasteiger partial charge in [0.05, 0.1) is 11.9 Å². The molecule has 0 aliphatic carbocycles. The van der Waals surface area contributed by atoms with E-state index in [9.17, 15) is 18.0 Å². The SMILES string of the molecule is O=c1[nH]ncc(NCCSC(F)(F)F)c1Br. The Balaban J connectivity index is 2.44. The third-order valence-electron chi connectivity index (χ3n) is 1.48. The summed E-state index contributed by atoms with van der Waals surface area (Å²) in [6.45, 7) is 0.0912. The van der Waals surface area contributed by atoms with E-state index in [1.165, 1.54) is 6.20 Å². The smallest absolute Gasteiger partial charge is 0.382 e. The molecule has 0 aromatic carbocycles. The molecule has 16 heavy (non-hydrogen) atoms. The van der Waals surface area contributed by atoms with Crippen molar-refractivity contribution in [3.8, 4) is 0 Å². The largest absolute Gasteiger partial charge is 0.441 e. The highest BCUT2D eigenvalue weighted by atomic mass is 79.9. The number of hydrogen-bond donors (Lipinski definition) is 2. The van der Waals surface area contributed by atoms with Crippen molar-refractivity contribution < 1.29 is 13.2 Å². The summed E-state index contributed by atoms with van der Waals surface area (Å²) in [5.41, 5.74) is -4.30. The van der Waals surface area contributed by atoms with Crippen LogP contribution in [-0.4, -0.2) is 28.0 Å². The minimum Gasteiger partial charge on any atom is -0.382 e. The summed E-state index contributed by atoms with van der Waals surface area (Å²) >= 11 is 2.88. The maximum atomic E-state index is 11.8. The lowest BCUT2D eigenvalue weighted by Gasteiger charge is -2.08. The molecule has 0 fully saturated rings. The highest BCUT2D eigenvalue weighted by Crippen LogP contribution is 2.29. The molecule has 0 saturated carbocycles. The number of alkyl halides is 3. The van der Waals surface area contributed by atoms with Gasteiger partial charge in [0.2, 0.25) is 0 Å². The lowest BCUT2D eigenvalue weighted by atomic mass is 10.4. The van der Waals surface area contributed by atoms with E-state index in [1.54, 1.807) is 0 Å². The van der Waals surface area contributed by atoms with Crippen molar-refractivity contribution in [2.75, 3.05) is 17.6 Å². The molecule has 0 saturated heterocycles. The fourth-order valence-electron chi connectivity index (χ4n) is 0.859. The summed E-state index contributed by atoms with van der Waals surface area (Å²) in [5, 5.41) is 8.37. The van der Waals surface area contributed by atoms with Gasteiger partial charge in [0.1, 0.15) is 4.47 Å². The van der Waals surface area contributed by atoms with Gasteiger partial charge in [0, 0.05) is 12.3 Å². The van der Waals surface area contributed by atoms with Gasteiger partial charge in [-0.2, -0.15) is 18.3 Å². The third kappa shape index (κ3) is 4.44. The first-order valence-electron chi connectivity index (χ1n) is 4.08. The van der Waals surface area contributed by atoms with Gasteiger partial charge in [0.15, 0.2) is 0 Å². The summed E-state index contributed by atoms with van der Waals surface area (Å²) in [6.07, 6.45) is 1.32. The maximum Gasteiger partial charge on any atom is 0.441 e. The number of anilines is 1. The topological polar surface area (TPSA) is 57.8 Å². The van der Waals surface area contributed by atoms with Gasteiger partial charge in [-0.05, 0) is 27.7 Å². The Morgan fingerprint density at radius 1 is 1.56 bits per heavy atom. The Kier molecular flexibility index (Phi) is 4.66. The second-order valence-corrected chi connectivity index (χ2v) is 4.60. The molecule has 0 aliphatic heterocycles. The van der Waals surface area contributed by atoms with E-state index in [-0.39, 0.29) is 28.5 Å². The molecule has 0 spiro atoms. The minimum absolute atomic E-state index is 0.0912. The number of rotatable bonds is 4. The van der Waals surface area contributed by atoms with Gasteiger partial charge < -0.3 is 5.32 Å². The zero-order valence-electron chi connectivity index (χ0n) is 7.77. The molecule has 0 atom stereocenters. The summed E-state index contributed by atoms with van der Waals surface area (Å²) in [7, 11) is 0. The molecule has 4 nitrogen and oxygen atoms in total. The van der Waals surface area contributed by atoms with Crippen molar-refractivity contribution >= 4 is 33.4 Å². The average Bonchev–Trinajstić information content (AvgIpc) is 2.17. The van der Waals surface area contributed by atoms with Crippen molar-refractivity contribution in [3.63, 3.8) is 0 Å². The number of halogens is 4. The number of hydrogen-bond acceptors (Lipinski definition) is 4. The fourth-order valence-corrected chi connectivity index (χ4v) is 1.63. The highest BCUT2D eigenvalue weighted by molar-refractivity contribution is 9.10. The molecular weight excluding hydrogens is 311 g/mol.